The number of hydrogen-bond acceptors (Lipinski definition) is 6. The number of pyridine rings is 1. The van der Waals surface area contributed by atoms with Gasteiger partial charge in [0.2, 0.25) is 10.3 Å². The fourth-order valence-corrected chi connectivity index (χ4v) is 5.26. The zero-order chi connectivity index (χ0) is 22.1. The van der Waals surface area contributed by atoms with Crippen LogP contribution in [-0.4, -0.2) is 45.0 Å². The number of aromatic nitrogens is 3. The molecule has 0 saturated carbocycles. The molecule has 3 aromatic rings. The fourth-order valence-electron chi connectivity index (χ4n) is 2.96. The van der Waals surface area contributed by atoms with E-state index in [1.807, 2.05) is 20.8 Å². The molecule has 0 bridgehead atoms. The predicted octanol–water partition coefficient (Wildman–Crippen LogP) is 3.91. The van der Waals surface area contributed by atoms with Crippen LogP contribution in [0.2, 0.25) is 0 Å². The molecule has 3 rings (SSSR count). The van der Waals surface area contributed by atoms with Crippen LogP contribution in [0.15, 0.2) is 46.5 Å². The second-order valence-corrected chi connectivity index (χ2v) is 10.8. The average Bonchev–Trinajstić information content (AvgIpc) is 3.31. The monoisotopic (exact) mass is 452 g/mol. The Labute approximate surface area is 177 Å². The third-order valence-electron chi connectivity index (χ3n) is 4.08. The first-order chi connectivity index (χ1) is 14.0. The van der Waals surface area contributed by atoms with E-state index in [1.54, 1.807) is 0 Å². The molecule has 1 N–H and O–H groups in total. The number of carboxylic acid groups (broad SMARTS) is 1. The minimum absolute atomic E-state index is 0.0124. The molecule has 0 fully saturated rings. The lowest BCUT2D eigenvalue weighted by Gasteiger charge is -2.27. The molecule has 0 saturated heterocycles. The van der Waals surface area contributed by atoms with Gasteiger partial charge in [-0.2, -0.15) is 12.8 Å². The van der Waals surface area contributed by atoms with Gasteiger partial charge in [-0.05, 0) is 29.2 Å². The van der Waals surface area contributed by atoms with E-state index in [0.29, 0.717) is 5.56 Å². The topological polar surface area (TPSA) is 105 Å². The molecular formula is C19H21FN4O4S2. The van der Waals surface area contributed by atoms with Crippen molar-refractivity contribution in [1.29, 1.82) is 0 Å². The molecule has 0 spiro atoms. The lowest BCUT2D eigenvalue weighted by atomic mass is 9.96. The molecule has 8 nitrogen and oxygen atoms in total. The number of amides is 1. The van der Waals surface area contributed by atoms with Crippen molar-refractivity contribution in [2.24, 2.45) is 5.41 Å². The summed E-state index contributed by atoms with van der Waals surface area (Å²) in [5.74, 6) is -0.831. The van der Waals surface area contributed by atoms with E-state index >= 15 is 0 Å². The third kappa shape index (κ3) is 4.68. The van der Waals surface area contributed by atoms with Crippen molar-refractivity contribution >= 4 is 27.5 Å². The predicted molar refractivity (Wildman–Crippen MR) is 110 cm³/mol. The van der Waals surface area contributed by atoms with Gasteiger partial charge >= 0.3 is 6.09 Å². The van der Waals surface area contributed by atoms with E-state index < -0.39 is 22.1 Å². The molecule has 0 unspecified atom stereocenters. The van der Waals surface area contributed by atoms with Crippen LogP contribution in [0.3, 0.4) is 0 Å². The smallest absolute Gasteiger partial charge is 0.407 e. The Bertz CT molecular complexity index is 1150. The number of nitrogens with zero attached hydrogens (tertiary/aromatic N) is 4. The summed E-state index contributed by atoms with van der Waals surface area (Å²) in [6.45, 7) is 5.89. The first kappa shape index (κ1) is 21.9. The van der Waals surface area contributed by atoms with Crippen molar-refractivity contribution in [1.82, 2.24) is 18.8 Å². The molecule has 1 amide bonds. The molecule has 0 aliphatic carbocycles. The van der Waals surface area contributed by atoms with Crippen LogP contribution in [0.25, 0.3) is 11.3 Å². The highest BCUT2D eigenvalue weighted by atomic mass is 32.2. The molecule has 0 aliphatic heterocycles. The minimum atomic E-state index is -4.10. The van der Waals surface area contributed by atoms with E-state index in [0.717, 1.165) is 15.3 Å². The van der Waals surface area contributed by atoms with Crippen LogP contribution < -0.4 is 0 Å². The largest absolute Gasteiger partial charge is 0.465 e. The lowest BCUT2D eigenvalue weighted by molar-refractivity contribution is 0.123. The zero-order valence-corrected chi connectivity index (χ0v) is 18.2. The van der Waals surface area contributed by atoms with Gasteiger partial charge in [-0.25, -0.2) is 18.7 Å². The summed E-state index contributed by atoms with van der Waals surface area (Å²) in [6.07, 6.45) is 2.80. The Hall–Kier alpha value is -2.79. The second-order valence-electron chi connectivity index (χ2n) is 7.87. The van der Waals surface area contributed by atoms with Gasteiger partial charge in [0.05, 0.1) is 17.8 Å². The van der Waals surface area contributed by atoms with Crippen molar-refractivity contribution in [2.75, 3.05) is 6.54 Å². The van der Waals surface area contributed by atoms with Crippen molar-refractivity contribution in [3.63, 3.8) is 0 Å². The molecule has 0 atom stereocenters. The van der Waals surface area contributed by atoms with E-state index in [2.05, 4.69) is 9.97 Å². The summed E-state index contributed by atoms with van der Waals surface area (Å²) in [6, 6.07) is 4.37. The molecule has 0 aromatic carbocycles. The summed E-state index contributed by atoms with van der Waals surface area (Å²) in [5.41, 5.74) is 0.139. The standard InChI is InChI=1S/C19H21FN4O4S2/c1-19(2,3)12-23(18(25)26)10-13-9-15(14-5-4-6-21-16(14)20)24(11-13)30(27,28)17-22-7-8-29-17/h4-9,11H,10,12H2,1-3H3,(H,25,26). The van der Waals surface area contributed by atoms with Gasteiger partial charge in [-0.3, -0.25) is 0 Å². The van der Waals surface area contributed by atoms with Crippen LogP contribution in [0.4, 0.5) is 9.18 Å². The van der Waals surface area contributed by atoms with Crippen molar-refractivity contribution in [3.8, 4) is 11.3 Å². The molecular weight excluding hydrogens is 431 g/mol. The van der Waals surface area contributed by atoms with Gasteiger partial charge in [-0.15, -0.1) is 11.3 Å². The minimum Gasteiger partial charge on any atom is -0.465 e. The first-order valence-electron chi connectivity index (χ1n) is 8.94. The maximum atomic E-state index is 14.4. The summed E-state index contributed by atoms with van der Waals surface area (Å²) in [4.78, 5) is 20.4. The Morgan fingerprint density at radius 3 is 2.60 bits per heavy atom. The van der Waals surface area contributed by atoms with E-state index in [9.17, 15) is 22.7 Å². The fraction of sp³-hybridized carbons (Fsp3) is 0.316. The Morgan fingerprint density at radius 1 is 1.30 bits per heavy atom. The van der Waals surface area contributed by atoms with Crippen molar-refractivity contribution in [2.45, 2.75) is 31.7 Å². The molecule has 30 heavy (non-hydrogen) atoms. The first-order valence-corrected chi connectivity index (χ1v) is 11.3. The highest BCUT2D eigenvalue weighted by molar-refractivity contribution is 7.92. The second kappa shape index (κ2) is 8.15. The number of hydrogen-bond donors (Lipinski definition) is 1. The van der Waals surface area contributed by atoms with Crippen molar-refractivity contribution in [3.05, 3.63) is 53.7 Å². The molecule has 3 heterocycles. The van der Waals surface area contributed by atoms with Gasteiger partial charge in [0.1, 0.15) is 0 Å². The molecule has 0 aliphatic rings. The summed E-state index contributed by atoms with van der Waals surface area (Å²) >= 11 is 0.935. The Morgan fingerprint density at radius 2 is 2.03 bits per heavy atom. The van der Waals surface area contributed by atoms with E-state index in [-0.39, 0.29) is 34.1 Å². The maximum Gasteiger partial charge on any atom is 0.407 e. The van der Waals surface area contributed by atoms with Gasteiger partial charge in [0.25, 0.3) is 10.0 Å². The third-order valence-corrected chi connectivity index (χ3v) is 6.93. The number of halogens is 1. The quantitative estimate of drug-likeness (QED) is 0.569. The SMILES string of the molecule is CC(C)(C)CN(Cc1cc(-c2cccnc2F)n(S(=O)(=O)c2nccs2)c1)C(=O)O. The van der Waals surface area contributed by atoms with Crippen LogP contribution in [0.5, 0.6) is 0 Å². The average molecular weight is 453 g/mol. The Balaban J connectivity index is 2.11. The van der Waals surface area contributed by atoms with Crippen LogP contribution in [0, 0.1) is 11.4 Å². The zero-order valence-electron chi connectivity index (χ0n) is 16.6. The highest BCUT2D eigenvalue weighted by Gasteiger charge is 2.27. The summed E-state index contributed by atoms with van der Waals surface area (Å²) < 4.78 is 41.3. The molecule has 0 radical (unpaired) electrons. The highest BCUT2D eigenvalue weighted by Crippen LogP contribution is 2.30. The molecule has 3 aromatic heterocycles. The molecule has 160 valence electrons. The van der Waals surface area contributed by atoms with E-state index in [1.165, 1.54) is 47.1 Å². The Kier molecular flexibility index (Phi) is 5.95. The van der Waals surface area contributed by atoms with E-state index in [4.69, 9.17) is 0 Å². The molecule has 11 heteroatoms. The van der Waals surface area contributed by atoms with Crippen LogP contribution >= 0.6 is 11.3 Å². The van der Waals surface area contributed by atoms with Gasteiger partial charge in [-0.1, -0.05) is 20.8 Å². The number of thiazole rings is 1. The van der Waals surface area contributed by atoms with Crippen LogP contribution in [-0.2, 0) is 16.6 Å². The van der Waals surface area contributed by atoms with Crippen LogP contribution in [0.1, 0.15) is 26.3 Å². The maximum absolute atomic E-state index is 14.4. The summed E-state index contributed by atoms with van der Waals surface area (Å²) in [5, 5.41) is 11.1. The van der Waals surface area contributed by atoms with Gasteiger partial charge in [0, 0.05) is 30.5 Å². The van der Waals surface area contributed by atoms with Gasteiger partial charge < -0.3 is 10.0 Å². The lowest BCUT2D eigenvalue weighted by Crippen LogP contribution is -2.36. The van der Waals surface area contributed by atoms with Crippen molar-refractivity contribution < 1.29 is 22.7 Å². The van der Waals surface area contributed by atoms with Gasteiger partial charge in [0.15, 0.2) is 0 Å². The number of rotatable bonds is 6. The number of carbonyl (C=O) groups is 1. The normalized spacial score (nSPS) is 12.1. The summed E-state index contributed by atoms with van der Waals surface area (Å²) in [7, 11) is -4.10.